The van der Waals surface area contributed by atoms with Gasteiger partial charge in [0.15, 0.2) is 17.3 Å². The Labute approximate surface area is 134 Å². The number of amidine groups is 1. The first kappa shape index (κ1) is 16.3. The minimum absolute atomic E-state index is 0.231. The maximum absolute atomic E-state index is 5.82. The Bertz CT molecular complexity index is 690. The number of ether oxygens (including phenoxy) is 3. The molecule has 0 aliphatic carbocycles. The fourth-order valence-corrected chi connectivity index (χ4v) is 1.90. The van der Waals surface area contributed by atoms with Gasteiger partial charge in [0.1, 0.15) is 5.69 Å². The molecule has 0 atom stereocenters. The zero-order valence-electron chi connectivity index (χ0n) is 13.2. The van der Waals surface area contributed by atoms with Crippen LogP contribution in [0.2, 0.25) is 0 Å². The summed E-state index contributed by atoms with van der Waals surface area (Å²) in [6.45, 7) is 0. The first-order valence-corrected chi connectivity index (χ1v) is 6.77. The standard InChI is InChI=1S/C16H18N4O3/c1-21-13-8-11(9-14(22-2)15(13)23-3)10-19-20-16(17)12-6-4-5-7-18-12/h4-10H,1-3H3,(H2,17,20)/b19-10+. The van der Waals surface area contributed by atoms with E-state index >= 15 is 0 Å². The molecule has 1 aromatic carbocycles. The van der Waals surface area contributed by atoms with Crippen molar-refractivity contribution in [3.8, 4) is 17.2 Å². The molecule has 2 N–H and O–H groups in total. The van der Waals surface area contributed by atoms with Crippen molar-refractivity contribution in [1.29, 1.82) is 0 Å². The molecule has 2 aromatic rings. The minimum Gasteiger partial charge on any atom is -0.493 e. The predicted octanol–water partition coefficient (Wildman–Crippen LogP) is 1.85. The van der Waals surface area contributed by atoms with Gasteiger partial charge >= 0.3 is 0 Å². The number of hydrogen-bond donors (Lipinski definition) is 1. The number of benzene rings is 1. The van der Waals surface area contributed by atoms with Crippen LogP contribution in [-0.4, -0.2) is 38.4 Å². The Morgan fingerprint density at radius 1 is 1.09 bits per heavy atom. The third kappa shape index (κ3) is 3.97. The topological polar surface area (TPSA) is 91.3 Å². The van der Waals surface area contributed by atoms with Gasteiger partial charge in [-0.3, -0.25) is 4.98 Å². The number of aromatic nitrogens is 1. The van der Waals surface area contributed by atoms with Crippen molar-refractivity contribution >= 4 is 12.1 Å². The van der Waals surface area contributed by atoms with E-state index in [2.05, 4.69) is 15.2 Å². The van der Waals surface area contributed by atoms with E-state index in [0.29, 0.717) is 22.9 Å². The lowest BCUT2D eigenvalue weighted by Gasteiger charge is -2.12. The molecule has 0 fully saturated rings. The SMILES string of the molecule is COc1cc(/C=N/N=C(\N)c2ccccn2)cc(OC)c1OC. The average molecular weight is 314 g/mol. The molecule has 7 heteroatoms. The second-order valence-electron chi connectivity index (χ2n) is 4.40. The molecule has 1 heterocycles. The maximum atomic E-state index is 5.82. The Hall–Kier alpha value is -3.09. The lowest BCUT2D eigenvalue weighted by molar-refractivity contribution is 0.324. The van der Waals surface area contributed by atoms with Gasteiger partial charge in [-0.1, -0.05) is 6.07 Å². The van der Waals surface area contributed by atoms with Gasteiger partial charge in [0.25, 0.3) is 0 Å². The normalized spacial score (nSPS) is 11.5. The van der Waals surface area contributed by atoms with Gasteiger partial charge in [-0.2, -0.15) is 5.10 Å². The zero-order chi connectivity index (χ0) is 16.7. The van der Waals surface area contributed by atoms with Crippen LogP contribution in [0.15, 0.2) is 46.7 Å². The van der Waals surface area contributed by atoms with E-state index in [0.717, 1.165) is 5.56 Å². The summed E-state index contributed by atoms with van der Waals surface area (Å²) in [7, 11) is 4.65. The van der Waals surface area contributed by atoms with Crippen LogP contribution in [0.4, 0.5) is 0 Å². The van der Waals surface area contributed by atoms with Crippen LogP contribution in [0.1, 0.15) is 11.3 Å². The molecule has 0 aliphatic heterocycles. The summed E-state index contributed by atoms with van der Waals surface area (Å²) in [5.41, 5.74) is 7.12. The summed E-state index contributed by atoms with van der Waals surface area (Å²) in [4.78, 5) is 4.10. The number of methoxy groups -OCH3 is 3. The maximum Gasteiger partial charge on any atom is 0.203 e. The lowest BCUT2D eigenvalue weighted by Crippen LogP contribution is -2.14. The van der Waals surface area contributed by atoms with Gasteiger partial charge in [0, 0.05) is 11.8 Å². The first-order valence-electron chi connectivity index (χ1n) is 6.77. The summed E-state index contributed by atoms with van der Waals surface area (Å²) in [6, 6.07) is 8.91. The summed E-state index contributed by atoms with van der Waals surface area (Å²) in [5.74, 6) is 1.82. The van der Waals surface area contributed by atoms with Gasteiger partial charge in [-0.25, -0.2) is 0 Å². The Morgan fingerprint density at radius 3 is 2.30 bits per heavy atom. The molecule has 0 amide bonds. The second-order valence-corrected chi connectivity index (χ2v) is 4.40. The molecule has 0 aliphatic rings. The molecule has 0 saturated carbocycles. The number of nitrogens with two attached hydrogens (primary N) is 1. The monoisotopic (exact) mass is 314 g/mol. The molecule has 0 saturated heterocycles. The Kier molecular flexibility index (Phi) is 5.51. The van der Waals surface area contributed by atoms with Crippen molar-refractivity contribution in [2.45, 2.75) is 0 Å². The number of pyridine rings is 1. The van der Waals surface area contributed by atoms with Gasteiger partial charge < -0.3 is 19.9 Å². The van der Waals surface area contributed by atoms with Crippen LogP contribution < -0.4 is 19.9 Å². The molecule has 2 rings (SSSR count). The van der Waals surface area contributed by atoms with Crippen molar-refractivity contribution in [3.63, 3.8) is 0 Å². The van der Waals surface area contributed by atoms with E-state index in [1.165, 1.54) is 0 Å². The van der Waals surface area contributed by atoms with Gasteiger partial charge in [0.2, 0.25) is 5.75 Å². The number of nitrogens with zero attached hydrogens (tertiary/aromatic N) is 3. The predicted molar refractivity (Wildman–Crippen MR) is 88.7 cm³/mol. The average Bonchev–Trinajstić information content (AvgIpc) is 2.61. The van der Waals surface area contributed by atoms with Crippen molar-refractivity contribution in [1.82, 2.24) is 4.98 Å². The summed E-state index contributed by atoms with van der Waals surface area (Å²) in [6.07, 6.45) is 3.18. The minimum atomic E-state index is 0.231. The second kappa shape index (κ2) is 7.79. The number of hydrogen-bond acceptors (Lipinski definition) is 6. The highest BCUT2D eigenvalue weighted by Crippen LogP contribution is 2.37. The van der Waals surface area contributed by atoms with E-state index in [9.17, 15) is 0 Å². The highest BCUT2D eigenvalue weighted by molar-refractivity contribution is 5.96. The molecular weight excluding hydrogens is 296 g/mol. The van der Waals surface area contributed by atoms with E-state index in [1.807, 2.05) is 6.07 Å². The lowest BCUT2D eigenvalue weighted by atomic mass is 10.2. The molecule has 0 radical (unpaired) electrons. The summed E-state index contributed by atoms with van der Waals surface area (Å²) < 4.78 is 15.8. The van der Waals surface area contributed by atoms with Gasteiger partial charge in [-0.15, -0.1) is 5.10 Å². The molecule has 120 valence electrons. The Balaban J connectivity index is 2.26. The fraction of sp³-hybridized carbons (Fsp3) is 0.188. The molecule has 0 bridgehead atoms. The third-order valence-corrected chi connectivity index (χ3v) is 2.99. The fourth-order valence-electron chi connectivity index (χ4n) is 1.90. The quantitative estimate of drug-likeness (QED) is 0.499. The highest BCUT2D eigenvalue weighted by Gasteiger charge is 2.12. The van der Waals surface area contributed by atoms with Crippen LogP contribution in [0.25, 0.3) is 0 Å². The summed E-state index contributed by atoms with van der Waals surface area (Å²) in [5, 5.41) is 7.90. The van der Waals surface area contributed by atoms with Gasteiger partial charge in [-0.05, 0) is 24.3 Å². The van der Waals surface area contributed by atoms with E-state index < -0.39 is 0 Å². The molecular formula is C16H18N4O3. The van der Waals surface area contributed by atoms with Crippen molar-refractivity contribution in [2.75, 3.05) is 21.3 Å². The van der Waals surface area contributed by atoms with Gasteiger partial charge in [0.05, 0.1) is 27.5 Å². The molecule has 23 heavy (non-hydrogen) atoms. The Morgan fingerprint density at radius 2 is 1.78 bits per heavy atom. The molecule has 1 aromatic heterocycles. The van der Waals surface area contributed by atoms with Crippen LogP contribution in [0, 0.1) is 0 Å². The van der Waals surface area contributed by atoms with Crippen molar-refractivity contribution < 1.29 is 14.2 Å². The van der Waals surface area contributed by atoms with Crippen LogP contribution in [-0.2, 0) is 0 Å². The zero-order valence-corrected chi connectivity index (χ0v) is 13.2. The van der Waals surface area contributed by atoms with Crippen LogP contribution in [0.3, 0.4) is 0 Å². The molecule has 0 unspecified atom stereocenters. The largest absolute Gasteiger partial charge is 0.493 e. The van der Waals surface area contributed by atoms with E-state index in [4.69, 9.17) is 19.9 Å². The third-order valence-electron chi connectivity index (χ3n) is 2.99. The van der Waals surface area contributed by atoms with Crippen LogP contribution in [0.5, 0.6) is 17.2 Å². The highest BCUT2D eigenvalue weighted by atomic mass is 16.5. The van der Waals surface area contributed by atoms with E-state index in [-0.39, 0.29) is 5.84 Å². The van der Waals surface area contributed by atoms with Crippen molar-refractivity contribution in [3.05, 3.63) is 47.8 Å². The molecule has 0 spiro atoms. The first-order chi connectivity index (χ1) is 11.2. The number of rotatable bonds is 6. The van der Waals surface area contributed by atoms with Crippen LogP contribution >= 0.6 is 0 Å². The summed E-state index contributed by atoms with van der Waals surface area (Å²) >= 11 is 0. The smallest absolute Gasteiger partial charge is 0.203 e. The van der Waals surface area contributed by atoms with E-state index in [1.54, 1.807) is 58.0 Å². The molecule has 7 nitrogen and oxygen atoms in total. The van der Waals surface area contributed by atoms with Crippen molar-refractivity contribution in [2.24, 2.45) is 15.9 Å².